The Morgan fingerprint density at radius 2 is 1.59 bits per heavy atom. The van der Waals surface area contributed by atoms with Gasteiger partial charge in [0.2, 0.25) is 15.9 Å². The number of fused-ring (bicyclic) bond motifs is 2. The van der Waals surface area contributed by atoms with E-state index in [0.717, 1.165) is 43.2 Å². The number of halogens is 4. The van der Waals surface area contributed by atoms with Gasteiger partial charge < -0.3 is 10.6 Å². The number of nitrogens with two attached hydrogens (primary N) is 1. The number of benzene rings is 2. The first-order valence-corrected chi connectivity index (χ1v) is 12.5. The minimum Gasteiger partial charge on any atom is -0.336 e. The summed E-state index contributed by atoms with van der Waals surface area (Å²) in [7, 11) is -3.97. The second-order valence-corrected chi connectivity index (χ2v) is 10.7. The first-order valence-electron chi connectivity index (χ1n) is 11.0. The minimum atomic E-state index is -3.97. The Labute approximate surface area is 195 Å². The predicted molar refractivity (Wildman–Crippen MR) is 116 cm³/mol. The number of rotatable bonds is 7. The van der Waals surface area contributed by atoms with E-state index in [4.69, 9.17) is 5.73 Å². The lowest BCUT2D eigenvalue weighted by Gasteiger charge is -2.41. The number of amides is 1. The zero-order valence-electron chi connectivity index (χ0n) is 18.2. The quantitative estimate of drug-likeness (QED) is 0.453. The van der Waals surface area contributed by atoms with E-state index >= 15 is 0 Å². The van der Waals surface area contributed by atoms with E-state index < -0.39 is 45.9 Å². The van der Waals surface area contributed by atoms with E-state index in [1.165, 1.54) is 0 Å². The van der Waals surface area contributed by atoms with Crippen molar-refractivity contribution in [3.05, 3.63) is 65.2 Å². The van der Waals surface area contributed by atoms with Crippen LogP contribution < -0.4 is 10.5 Å². The van der Waals surface area contributed by atoms with Crippen LogP contribution in [0.1, 0.15) is 31.2 Å². The Balaban J connectivity index is 1.36. The summed E-state index contributed by atoms with van der Waals surface area (Å²) in [5.41, 5.74) is 6.30. The van der Waals surface area contributed by atoms with Gasteiger partial charge in [-0.2, -0.15) is 0 Å². The maximum Gasteiger partial charge on any atom is 0.241 e. The molecular weight excluding hydrogens is 474 g/mol. The highest BCUT2D eigenvalue weighted by Gasteiger charge is 2.44. The van der Waals surface area contributed by atoms with Gasteiger partial charge in [-0.15, -0.1) is 0 Å². The van der Waals surface area contributed by atoms with Crippen LogP contribution in [0.5, 0.6) is 0 Å². The molecule has 2 saturated heterocycles. The predicted octanol–water partition coefficient (Wildman–Crippen LogP) is 2.86. The first kappa shape index (κ1) is 24.6. The van der Waals surface area contributed by atoms with Crippen molar-refractivity contribution in [1.29, 1.82) is 0 Å². The molecule has 0 unspecified atom stereocenters. The molecule has 2 aromatic rings. The van der Waals surface area contributed by atoms with Gasteiger partial charge in [0, 0.05) is 24.2 Å². The van der Waals surface area contributed by atoms with Crippen LogP contribution in [0.3, 0.4) is 0 Å². The van der Waals surface area contributed by atoms with Crippen molar-refractivity contribution < 1.29 is 30.8 Å². The summed E-state index contributed by atoms with van der Waals surface area (Å²) in [4.78, 5) is 14.4. The summed E-state index contributed by atoms with van der Waals surface area (Å²) in [6.45, 7) is -0.427. The molecule has 3 N–H and O–H groups in total. The molecule has 0 spiro atoms. The fourth-order valence-electron chi connectivity index (χ4n) is 5.06. The van der Waals surface area contributed by atoms with E-state index in [0.29, 0.717) is 18.9 Å². The SMILES string of the molecule is N[C@H](Cc1cc(F)c(F)cc1F)[C@@H]1C[C@H]2CC[C@@H](C1)N2C(=O)CNS(=O)(=O)c1ccc(F)cc1. The number of carbonyl (C=O) groups excluding carboxylic acids is 1. The van der Waals surface area contributed by atoms with Gasteiger partial charge in [0.1, 0.15) is 11.6 Å². The van der Waals surface area contributed by atoms with Crippen LogP contribution in [0.25, 0.3) is 0 Å². The molecule has 6 nitrogen and oxygen atoms in total. The molecule has 4 atom stereocenters. The molecule has 2 fully saturated rings. The van der Waals surface area contributed by atoms with E-state index in [9.17, 15) is 30.8 Å². The Morgan fingerprint density at radius 1 is 1.00 bits per heavy atom. The molecule has 4 rings (SSSR count). The van der Waals surface area contributed by atoms with Crippen molar-refractivity contribution in [3.63, 3.8) is 0 Å². The van der Waals surface area contributed by atoms with Crippen LogP contribution in [0.4, 0.5) is 17.6 Å². The van der Waals surface area contributed by atoms with Gasteiger partial charge >= 0.3 is 0 Å². The maximum absolute atomic E-state index is 14.0. The number of piperidine rings is 1. The highest BCUT2D eigenvalue weighted by atomic mass is 32.2. The van der Waals surface area contributed by atoms with Gasteiger partial charge in [0.05, 0.1) is 11.4 Å². The second kappa shape index (κ2) is 9.63. The van der Waals surface area contributed by atoms with Gasteiger partial charge in [-0.3, -0.25) is 4.79 Å². The standard InChI is InChI=1S/C23H25F4N3O3S/c24-15-1-5-18(6-2-15)34(32,33)29-12-23(31)30-16-3-4-17(30)8-14(7-16)22(28)10-13-9-20(26)21(27)11-19(13)25/h1-2,5-6,9,11,14,16-17,22,29H,3-4,7-8,10,12,28H2/t14-,16-,17+,22-/m1/s1. The molecule has 2 heterocycles. The summed E-state index contributed by atoms with van der Waals surface area (Å²) < 4.78 is 80.8. The Morgan fingerprint density at radius 3 is 2.21 bits per heavy atom. The molecule has 0 aromatic heterocycles. The lowest BCUT2D eigenvalue weighted by Crippen LogP contribution is -2.52. The molecule has 1 amide bonds. The van der Waals surface area contributed by atoms with Crippen LogP contribution in [0, 0.1) is 29.2 Å². The fraction of sp³-hybridized carbons (Fsp3) is 0.435. The van der Waals surface area contributed by atoms with Gasteiger partial charge in [-0.1, -0.05) is 0 Å². The van der Waals surface area contributed by atoms with Crippen molar-refractivity contribution in [2.24, 2.45) is 11.7 Å². The Kier molecular flexibility index (Phi) is 6.97. The van der Waals surface area contributed by atoms with Gasteiger partial charge in [-0.05, 0) is 73.9 Å². The third-order valence-corrected chi connectivity index (χ3v) is 8.16. The van der Waals surface area contributed by atoms with Crippen LogP contribution >= 0.6 is 0 Å². The highest BCUT2D eigenvalue weighted by molar-refractivity contribution is 7.89. The van der Waals surface area contributed by atoms with E-state index in [2.05, 4.69) is 4.72 Å². The van der Waals surface area contributed by atoms with Crippen LogP contribution in [-0.2, 0) is 21.2 Å². The molecule has 2 aliphatic rings. The van der Waals surface area contributed by atoms with Gasteiger partial charge in [0.15, 0.2) is 11.6 Å². The Hall–Kier alpha value is -2.50. The molecule has 2 bridgehead atoms. The average molecular weight is 500 g/mol. The molecule has 0 saturated carbocycles. The topological polar surface area (TPSA) is 92.5 Å². The lowest BCUT2D eigenvalue weighted by molar-refractivity contribution is -0.135. The van der Waals surface area contributed by atoms with Crippen LogP contribution in [0.2, 0.25) is 0 Å². The fourth-order valence-corrected chi connectivity index (χ4v) is 6.04. The minimum absolute atomic E-state index is 0.00690. The number of nitrogens with one attached hydrogen (secondary N) is 1. The first-order chi connectivity index (χ1) is 16.0. The average Bonchev–Trinajstić information content (AvgIpc) is 3.05. The number of nitrogens with zero attached hydrogens (tertiary/aromatic N) is 1. The number of hydrogen-bond donors (Lipinski definition) is 2. The second-order valence-electron chi connectivity index (χ2n) is 8.92. The Bertz CT molecular complexity index is 1160. The zero-order chi connectivity index (χ0) is 24.6. The third kappa shape index (κ3) is 5.11. The number of sulfonamides is 1. The summed E-state index contributed by atoms with van der Waals surface area (Å²) in [6.07, 6.45) is 2.63. The zero-order valence-corrected chi connectivity index (χ0v) is 19.0. The van der Waals surface area contributed by atoms with Crippen LogP contribution in [-0.4, -0.2) is 43.9 Å². The summed E-state index contributed by atoms with van der Waals surface area (Å²) in [6, 6.07) is 4.86. The van der Waals surface area contributed by atoms with E-state index in [-0.39, 0.29) is 40.8 Å². The maximum atomic E-state index is 14.0. The summed E-state index contributed by atoms with van der Waals surface area (Å²) in [5.74, 6) is -4.22. The van der Waals surface area contributed by atoms with Crippen molar-refractivity contribution >= 4 is 15.9 Å². The molecule has 11 heteroatoms. The molecule has 184 valence electrons. The molecule has 0 radical (unpaired) electrons. The van der Waals surface area contributed by atoms with Gasteiger partial charge in [-0.25, -0.2) is 30.7 Å². The largest absolute Gasteiger partial charge is 0.336 e. The van der Waals surface area contributed by atoms with Crippen molar-refractivity contribution in [2.75, 3.05) is 6.54 Å². The molecule has 2 aliphatic heterocycles. The van der Waals surface area contributed by atoms with Crippen molar-refractivity contribution in [2.45, 2.75) is 55.1 Å². The summed E-state index contributed by atoms with van der Waals surface area (Å²) in [5, 5.41) is 0. The summed E-state index contributed by atoms with van der Waals surface area (Å²) >= 11 is 0. The number of carbonyl (C=O) groups is 1. The van der Waals surface area contributed by atoms with Gasteiger partial charge in [0.25, 0.3) is 0 Å². The molecule has 2 aromatic carbocycles. The smallest absolute Gasteiger partial charge is 0.241 e. The molecular formula is C23H25F4N3O3S. The van der Waals surface area contributed by atoms with Crippen LogP contribution in [0.15, 0.2) is 41.3 Å². The molecule has 34 heavy (non-hydrogen) atoms. The highest BCUT2D eigenvalue weighted by Crippen LogP contribution is 2.40. The van der Waals surface area contributed by atoms with E-state index in [1.54, 1.807) is 4.90 Å². The normalized spacial score (nSPS) is 23.2. The molecule has 0 aliphatic carbocycles. The third-order valence-electron chi connectivity index (χ3n) is 6.75. The number of hydrogen-bond acceptors (Lipinski definition) is 4. The van der Waals surface area contributed by atoms with E-state index in [1.807, 2.05) is 0 Å². The van der Waals surface area contributed by atoms with Crippen molar-refractivity contribution in [3.8, 4) is 0 Å². The lowest BCUT2D eigenvalue weighted by atomic mass is 9.82. The van der Waals surface area contributed by atoms with Crippen molar-refractivity contribution in [1.82, 2.24) is 9.62 Å². The monoisotopic (exact) mass is 499 g/mol.